The molecule has 0 radical (unpaired) electrons. The molecule has 0 aliphatic carbocycles. The van der Waals surface area contributed by atoms with Gasteiger partial charge in [-0.3, -0.25) is 0 Å². The van der Waals surface area contributed by atoms with E-state index in [1.54, 1.807) is 11.3 Å². The van der Waals surface area contributed by atoms with Gasteiger partial charge in [0.25, 0.3) is 0 Å². The molecule has 0 saturated carbocycles. The second-order valence-corrected chi connectivity index (χ2v) is 5.24. The molecular formula is C11H18ClNS. The molecule has 2 N–H and O–H groups in total. The summed E-state index contributed by atoms with van der Waals surface area (Å²) in [6.45, 7) is 6.45. The lowest BCUT2D eigenvalue weighted by Crippen LogP contribution is -2.12. The highest BCUT2D eigenvalue weighted by Crippen LogP contribution is 2.34. The molecule has 0 aliphatic rings. The van der Waals surface area contributed by atoms with E-state index in [0.717, 1.165) is 21.9 Å². The maximum Gasteiger partial charge on any atom is 0.0590 e. The minimum Gasteiger partial charge on any atom is -0.323 e. The Balaban J connectivity index is 2.69. The number of hydrogen-bond donors (Lipinski definition) is 1. The summed E-state index contributed by atoms with van der Waals surface area (Å²) in [6, 6.07) is 0.108. The van der Waals surface area contributed by atoms with Crippen LogP contribution in [0.4, 0.5) is 0 Å². The Hall–Kier alpha value is -0.0500. The molecule has 0 bridgehead atoms. The summed E-state index contributed by atoms with van der Waals surface area (Å²) in [7, 11) is 0. The molecule has 0 saturated heterocycles. The van der Waals surface area contributed by atoms with E-state index < -0.39 is 0 Å². The Morgan fingerprint density at radius 1 is 1.57 bits per heavy atom. The van der Waals surface area contributed by atoms with Gasteiger partial charge in [0.1, 0.15) is 0 Å². The molecule has 1 rings (SSSR count). The summed E-state index contributed by atoms with van der Waals surface area (Å²) in [5.41, 5.74) is 7.26. The predicted octanol–water partition coefficient (Wildman–Crippen LogP) is 4.15. The Labute approximate surface area is 95.3 Å². The second-order valence-electron chi connectivity index (χ2n) is 3.95. The van der Waals surface area contributed by atoms with Crippen LogP contribution in [0, 0.1) is 12.8 Å². The predicted molar refractivity (Wildman–Crippen MR) is 65.1 cm³/mol. The summed E-state index contributed by atoms with van der Waals surface area (Å²) in [5, 5.41) is 2.94. The molecular weight excluding hydrogens is 214 g/mol. The third kappa shape index (κ3) is 2.72. The fourth-order valence-corrected chi connectivity index (χ4v) is 2.76. The van der Waals surface area contributed by atoms with Crippen molar-refractivity contribution in [3.63, 3.8) is 0 Å². The maximum absolute atomic E-state index is 6.16. The van der Waals surface area contributed by atoms with Crippen molar-refractivity contribution in [2.75, 3.05) is 0 Å². The largest absolute Gasteiger partial charge is 0.323 e. The number of nitrogens with two attached hydrogens (primary N) is 1. The monoisotopic (exact) mass is 231 g/mol. The highest BCUT2D eigenvalue weighted by atomic mass is 35.5. The van der Waals surface area contributed by atoms with Gasteiger partial charge < -0.3 is 5.73 Å². The standard InChI is InChI=1S/C11H18ClNS/c1-4-7(2)5-9(13)11-10(12)8(3)6-14-11/h6-7,9H,4-5,13H2,1-3H3. The topological polar surface area (TPSA) is 26.0 Å². The highest BCUT2D eigenvalue weighted by Gasteiger charge is 2.15. The Kier molecular flexibility index (Phi) is 4.42. The van der Waals surface area contributed by atoms with Crippen molar-refractivity contribution >= 4 is 22.9 Å². The lowest BCUT2D eigenvalue weighted by atomic mass is 9.99. The highest BCUT2D eigenvalue weighted by molar-refractivity contribution is 7.10. The first kappa shape index (κ1) is 12.0. The zero-order valence-corrected chi connectivity index (χ0v) is 10.6. The van der Waals surface area contributed by atoms with Crippen LogP contribution in [0.25, 0.3) is 0 Å². The van der Waals surface area contributed by atoms with E-state index in [0.29, 0.717) is 5.92 Å². The third-order valence-electron chi connectivity index (χ3n) is 2.62. The molecule has 1 heterocycles. The van der Waals surface area contributed by atoms with Crippen molar-refractivity contribution in [1.82, 2.24) is 0 Å². The Bertz CT molecular complexity index is 295. The van der Waals surface area contributed by atoms with E-state index in [-0.39, 0.29) is 6.04 Å². The van der Waals surface area contributed by atoms with Crippen LogP contribution in [0.1, 0.15) is 43.2 Å². The fourth-order valence-electron chi connectivity index (χ4n) is 1.41. The number of halogens is 1. The van der Waals surface area contributed by atoms with Crippen molar-refractivity contribution in [1.29, 1.82) is 0 Å². The molecule has 3 heteroatoms. The van der Waals surface area contributed by atoms with Gasteiger partial charge in [-0.25, -0.2) is 0 Å². The second kappa shape index (κ2) is 5.15. The van der Waals surface area contributed by atoms with Crippen molar-refractivity contribution in [2.45, 2.75) is 39.7 Å². The van der Waals surface area contributed by atoms with E-state index >= 15 is 0 Å². The van der Waals surface area contributed by atoms with E-state index in [4.69, 9.17) is 17.3 Å². The summed E-state index contributed by atoms with van der Waals surface area (Å²) in [5.74, 6) is 0.670. The zero-order valence-electron chi connectivity index (χ0n) is 9.01. The molecule has 2 atom stereocenters. The van der Waals surface area contributed by atoms with Crippen LogP contribution in [-0.4, -0.2) is 0 Å². The molecule has 0 fully saturated rings. The molecule has 1 aromatic rings. The average Bonchev–Trinajstić information content (AvgIpc) is 2.47. The molecule has 0 spiro atoms. The van der Waals surface area contributed by atoms with Crippen molar-refractivity contribution in [3.8, 4) is 0 Å². The smallest absolute Gasteiger partial charge is 0.0590 e. The third-order valence-corrected chi connectivity index (χ3v) is 4.46. The van der Waals surface area contributed by atoms with Crippen LogP contribution in [0.2, 0.25) is 5.02 Å². The Morgan fingerprint density at radius 2 is 2.21 bits per heavy atom. The number of rotatable bonds is 4. The van der Waals surface area contributed by atoms with Crippen LogP contribution in [-0.2, 0) is 0 Å². The molecule has 80 valence electrons. The normalized spacial score (nSPS) is 15.5. The fraction of sp³-hybridized carbons (Fsp3) is 0.636. The number of thiophene rings is 1. The van der Waals surface area contributed by atoms with Crippen LogP contribution in [0.3, 0.4) is 0 Å². The molecule has 0 amide bonds. The molecule has 0 aromatic carbocycles. The lowest BCUT2D eigenvalue weighted by molar-refractivity contribution is 0.465. The van der Waals surface area contributed by atoms with Crippen LogP contribution in [0.5, 0.6) is 0 Å². The Morgan fingerprint density at radius 3 is 2.64 bits per heavy atom. The van der Waals surface area contributed by atoms with Gasteiger partial charge in [-0.1, -0.05) is 31.9 Å². The van der Waals surface area contributed by atoms with Gasteiger partial charge in [-0.05, 0) is 30.2 Å². The van der Waals surface area contributed by atoms with Crippen LogP contribution < -0.4 is 5.73 Å². The first-order valence-electron chi connectivity index (χ1n) is 5.05. The molecule has 2 unspecified atom stereocenters. The van der Waals surface area contributed by atoms with Gasteiger partial charge in [0.05, 0.1) is 5.02 Å². The number of aryl methyl sites for hydroxylation is 1. The zero-order chi connectivity index (χ0) is 10.7. The number of hydrogen-bond acceptors (Lipinski definition) is 2. The van der Waals surface area contributed by atoms with Crippen LogP contribution >= 0.6 is 22.9 Å². The summed E-state index contributed by atoms with van der Waals surface area (Å²) in [6.07, 6.45) is 2.20. The first-order valence-corrected chi connectivity index (χ1v) is 6.31. The first-order chi connectivity index (χ1) is 6.56. The van der Waals surface area contributed by atoms with Gasteiger partial charge in [0.15, 0.2) is 0 Å². The average molecular weight is 232 g/mol. The lowest BCUT2D eigenvalue weighted by Gasteiger charge is -2.15. The van der Waals surface area contributed by atoms with Gasteiger partial charge in [0, 0.05) is 10.9 Å². The molecule has 0 aliphatic heterocycles. The van der Waals surface area contributed by atoms with Crippen LogP contribution in [0.15, 0.2) is 5.38 Å². The van der Waals surface area contributed by atoms with E-state index in [9.17, 15) is 0 Å². The van der Waals surface area contributed by atoms with Crippen molar-refractivity contribution in [2.24, 2.45) is 11.7 Å². The summed E-state index contributed by atoms with van der Waals surface area (Å²) in [4.78, 5) is 1.14. The van der Waals surface area contributed by atoms with E-state index in [2.05, 4.69) is 19.2 Å². The maximum atomic E-state index is 6.16. The van der Waals surface area contributed by atoms with E-state index in [1.165, 1.54) is 6.42 Å². The summed E-state index contributed by atoms with van der Waals surface area (Å²) >= 11 is 7.84. The van der Waals surface area contributed by atoms with Gasteiger partial charge >= 0.3 is 0 Å². The van der Waals surface area contributed by atoms with Gasteiger partial charge in [0.2, 0.25) is 0 Å². The molecule has 1 aromatic heterocycles. The molecule has 1 nitrogen and oxygen atoms in total. The minimum atomic E-state index is 0.108. The quantitative estimate of drug-likeness (QED) is 0.828. The minimum absolute atomic E-state index is 0.108. The summed E-state index contributed by atoms with van der Waals surface area (Å²) < 4.78 is 0. The SMILES string of the molecule is CCC(C)CC(N)c1scc(C)c1Cl. The van der Waals surface area contributed by atoms with Gasteiger partial charge in [-0.2, -0.15) is 0 Å². The van der Waals surface area contributed by atoms with Crippen molar-refractivity contribution < 1.29 is 0 Å². The molecule has 14 heavy (non-hydrogen) atoms. The van der Waals surface area contributed by atoms with Crippen molar-refractivity contribution in [3.05, 3.63) is 20.8 Å². The van der Waals surface area contributed by atoms with E-state index in [1.807, 2.05) is 6.92 Å². The van der Waals surface area contributed by atoms with Gasteiger partial charge in [-0.15, -0.1) is 11.3 Å².